The van der Waals surface area contributed by atoms with E-state index < -0.39 is 0 Å². The largest absolute Gasteiger partial charge is 0.315 e. The zero-order valence-electron chi connectivity index (χ0n) is 7.99. The van der Waals surface area contributed by atoms with Crippen LogP contribution in [0.1, 0.15) is 17.0 Å². The first-order chi connectivity index (χ1) is 6.68. The summed E-state index contributed by atoms with van der Waals surface area (Å²) < 4.78 is 0. The van der Waals surface area contributed by atoms with E-state index in [1.54, 1.807) is 13.0 Å². The molecule has 1 N–H and O–H groups in total. The van der Waals surface area contributed by atoms with Crippen LogP contribution in [0.25, 0.3) is 0 Å². The molecule has 0 unspecified atom stereocenters. The number of rotatable bonds is 2. The third kappa shape index (κ3) is 1.48. The van der Waals surface area contributed by atoms with Crippen molar-refractivity contribution in [3.05, 3.63) is 39.4 Å². The van der Waals surface area contributed by atoms with Crippen molar-refractivity contribution >= 4 is 5.69 Å². The molecule has 74 valence electrons. The fourth-order valence-corrected chi connectivity index (χ4v) is 1.60. The van der Waals surface area contributed by atoms with Crippen LogP contribution in [0.2, 0.25) is 0 Å². The highest BCUT2D eigenvalue weighted by Gasteiger charge is 2.21. The predicted molar refractivity (Wildman–Crippen MR) is 53.4 cm³/mol. The van der Waals surface area contributed by atoms with Gasteiger partial charge >= 0.3 is 0 Å². The third-order valence-electron chi connectivity index (χ3n) is 2.68. The minimum absolute atomic E-state index is 0.231. The van der Waals surface area contributed by atoms with Crippen LogP contribution in [0.4, 0.5) is 5.69 Å². The minimum Gasteiger partial charge on any atom is -0.315 e. The van der Waals surface area contributed by atoms with Crippen molar-refractivity contribution in [2.75, 3.05) is 13.1 Å². The molecule has 1 heterocycles. The van der Waals surface area contributed by atoms with E-state index in [-0.39, 0.29) is 10.6 Å². The Morgan fingerprint density at radius 2 is 2.21 bits per heavy atom. The number of hydrogen-bond acceptors (Lipinski definition) is 3. The summed E-state index contributed by atoms with van der Waals surface area (Å²) >= 11 is 0. The number of nitrogens with zero attached hydrogens (tertiary/aromatic N) is 1. The zero-order valence-corrected chi connectivity index (χ0v) is 7.99. The van der Waals surface area contributed by atoms with Crippen LogP contribution in [-0.4, -0.2) is 18.0 Å². The van der Waals surface area contributed by atoms with Crippen LogP contribution in [0, 0.1) is 17.0 Å². The van der Waals surface area contributed by atoms with Crippen LogP contribution < -0.4 is 5.32 Å². The van der Waals surface area contributed by atoms with Gasteiger partial charge in [-0.25, -0.2) is 0 Å². The van der Waals surface area contributed by atoms with Crippen LogP contribution in [0.15, 0.2) is 18.2 Å². The summed E-state index contributed by atoms with van der Waals surface area (Å²) in [4.78, 5) is 10.4. The van der Waals surface area contributed by atoms with E-state index in [1.807, 2.05) is 12.1 Å². The first-order valence-corrected chi connectivity index (χ1v) is 4.64. The molecule has 0 aromatic heterocycles. The van der Waals surface area contributed by atoms with Gasteiger partial charge in [-0.3, -0.25) is 10.1 Å². The van der Waals surface area contributed by atoms with E-state index in [0.717, 1.165) is 24.2 Å². The maximum absolute atomic E-state index is 10.7. The minimum atomic E-state index is -0.315. The second kappa shape index (κ2) is 3.38. The van der Waals surface area contributed by atoms with E-state index in [4.69, 9.17) is 0 Å². The summed E-state index contributed by atoms with van der Waals surface area (Å²) in [6.07, 6.45) is 0. The van der Waals surface area contributed by atoms with Crippen molar-refractivity contribution < 1.29 is 4.92 Å². The maximum Gasteiger partial charge on any atom is 0.272 e. The van der Waals surface area contributed by atoms with Gasteiger partial charge < -0.3 is 5.32 Å². The lowest BCUT2D eigenvalue weighted by Gasteiger charge is -2.27. The van der Waals surface area contributed by atoms with E-state index in [0.29, 0.717) is 5.92 Å². The number of aryl methyl sites for hydroxylation is 1. The molecular formula is C10H12N2O2. The lowest BCUT2D eigenvalue weighted by atomic mass is 9.92. The fourth-order valence-electron chi connectivity index (χ4n) is 1.60. The van der Waals surface area contributed by atoms with Gasteiger partial charge in [0.25, 0.3) is 5.69 Å². The van der Waals surface area contributed by atoms with Crippen molar-refractivity contribution in [1.29, 1.82) is 0 Å². The molecule has 1 aliphatic heterocycles. The zero-order chi connectivity index (χ0) is 10.1. The van der Waals surface area contributed by atoms with Crippen molar-refractivity contribution in [2.45, 2.75) is 12.8 Å². The molecule has 0 saturated carbocycles. The van der Waals surface area contributed by atoms with E-state index in [9.17, 15) is 10.1 Å². The Labute approximate surface area is 82.1 Å². The smallest absolute Gasteiger partial charge is 0.272 e. The Morgan fingerprint density at radius 1 is 1.50 bits per heavy atom. The average molecular weight is 192 g/mol. The molecule has 0 bridgehead atoms. The van der Waals surface area contributed by atoms with Gasteiger partial charge in [0.15, 0.2) is 0 Å². The molecule has 4 nitrogen and oxygen atoms in total. The SMILES string of the molecule is Cc1ccc(C2CNC2)cc1[N+](=O)[O-]. The summed E-state index contributed by atoms with van der Waals surface area (Å²) in [5.74, 6) is 0.453. The Kier molecular flexibility index (Phi) is 2.21. The standard InChI is InChI=1S/C10H12N2O2/c1-7-2-3-8(9-5-11-6-9)4-10(7)12(13)14/h2-4,9,11H,5-6H2,1H3. The molecular weight excluding hydrogens is 180 g/mol. The molecule has 0 amide bonds. The van der Waals surface area contributed by atoms with Gasteiger partial charge in [-0.05, 0) is 12.5 Å². The van der Waals surface area contributed by atoms with Gasteiger partial charge in [0.2, 0.25) is 0 Å². The highest BCUT2D eigenvalue weighted by molar-refractivity contribution is 5.44. The summed E-state index contributed by atoms with van der Waals surface area (Å²) in [6, 6.07) is 5.50. The molecule has 0 radical (unpaired) electrons. The van der Waals surface area contributed by atoms with Gasteiger partial charge in [-0.1, -0.05) is 12.1 Å². The summed E-state index contributed by atoms with van der Waals surface area (Å²) in [5.41, 5.74) is 2.03. The average Bonchev–Trinajstić information content (AvgIpc) is 2.04. The number of nitrogens with one attached hydrogen (secondary N) is 1. The normalized spacial score (nSPS) is 16.4. The Bertz CT molecular complexity index is 372. The lowest BCUT2D eigenvalue weighted by Crippen LogP contribution is -2.39. The number of nitro benzene ring substituents is 1. The monoisotopic (exact) mass is 192 g/mol. The molecule has 0 aliphatic carbocycles. The molecule has 14 heavy (non-hydrogen) atoms. The van der Waals surface area contributed by atoms with Gasteiger partial charge in [0.1, 0.15) is 0 Å². The highest BCUT2D eigenvalue weighted by Crippen LogP contribution is 2.26. The Balaban J connectivity index is 2.34. The molecule has 0 spiro atoms. The van der Waals surface area contributed by atoms with Crippen molar-refractivity contribution in [3.63, 3.8) is 0 Å². The summed E-state index contributed by atoms with van der Waals surface area (Å²) in [6.45, 7) is 3.63. The fraction of sp³-hybridized carbons (Fsp3) is 0.400. The second-order valence-corrected chi connectivity index (χ2v) is 3.66. The maximum atomic E-state index is 10.7. The van der Waals surface area contributed by atoms with Crippen LogP contribution in [0.3, 0.4) is 0 Å². The first kappa shape index (κ1) is 9.15. The van der Waals surface area contributed by atoms with Gasteiger partial charge in [0, 0.05) is 30.6 Å². The quantitative estimate of drug-likeness (QED) is 0.571. The molecule has 0 atom stereocenters. The van der Waals surface area contributed by atoms with Gasteiger partial charge in [0.05, 0.1) is 4.92 Å². The highest BCUT2D eigenvalue weighted by atomic mass is 16.6. The van der Waals surface area contributed by atoms with Gasteiger partial charge in [-0.2, -0.15) is 0 Å². The molecule has 1 aromatic rings. The van der Waals surface area contributed by atoms with Crippen molar-refractivity contribution in [3.8, 4) is 0 Å². The Hall–Kier alpha value is -1.42. The lowest BCUT2D eigenvalue weighted by molar-refractivity contribution is -0.385. The molecule has 2 rings (SSSR count). The van der Waals surface area contributed by atoms with Crippen molar-refractivity contribution in [2.24, 2.45) is 0 Å². The number of benzene rings is 1. The van der Waals surface area contributed by atoms with E-state index in [2.05, 4.69) is 5.32 Å². The molecule has 1 fully saturated rings. The second-order valence-electron chi connectivity index (χ2n) is 3.66. The van der Waals surface area contributed by atoms with Crippen LogP contribution in [-0.2, 0) is 0 Å². The first-order valence-electron chi connectivity index (χ1n) is 4.64. The summed E-state index contributed by atoms with van der Waals surface area (Å²) in [7, 11) is 0. The molecule has 1 aliphatic rings. The molecule has 4 heteroatoms. The van der Waals surface area contributed by atoms with Gasteiger partial charge in [-0.15, -0.1) is 0 Å². The van der Waals surface area contributed by atoms with E-state index in [1.165, 1.54) is 0 Å². The molecule has 1 saturated heterocycles. The molecule has 1 aromatic carbocycles. The third-order valence-corrected chi connectivity index (χ3v) is 2.68. The van der Waals surface area contributed by atoms with E-state index >= 15 is 0 Å². The van der Waals surface area contributed by atoms with Crippen molar-refractivity contribution in [1.82, 2.24) is 5.32 Å². The predicted octanol–water partition coefficient (Wildman–Crippen LogP) is 1.59. The topological polar surface area (TPSA) is 55.2 Å². The van der Waals surface area contributed by atoms with Crippen LogP contribution >= 0.6 is 0 Å². The number of nitro groups is 1. The number of hydrogen-bond donors (Lipinski definition) is 1. The van der Waals surface area contributed by atoms with Crippen LogP contribution in [0.5, 0.6) is 0 Å². The summed E-state index contributed by atoms with van der Waals surface area (Å²) in [5, 5.41) is 13.8. The Morgan fingerprint density at radius 3 is 2.71 bits per heavy atom.